The van der Waals surface area contributed by atoms with Crippen LogP contribution in [-0.4, -0.2) is 50.7 Å². The third-order valence-corrected chi connectivity index (χ3v) is 4.11. The maximum atomic E-state index is 12.2. The average Bonchev–Trinajstić information content (AvgIpc) is 2.37. The minimum atomic E-state index is -0.447. The van der Waals surface area contributed by atoms with E-state index in [1.807, 2.05) is 14.1 Å². The van der Waals surface area contributed by atoms with Gasteiger partial charge in [-0.25, -0.2) is 0 Å². The molecule has 0 aliphatic heterocycles. The van der Waals surface area contributed by atoms with Gasteiger partial charge in [0.25, 0.3) is 0 Å². The highest BCUT2D eigenvalue weighted by atomic mass is 16.5. The number of nitrogens with zero attached hydrogens (tertiary/aromatic N) is 1. The molecule has 106 valence electrons. The summed E-state index contributed by atoms with van der Waals surface area (Å²) in [6.07, 6.45) is 5.41. The zero-order chi connectivity index (χ0) is 13.6. The Kier molecular flexibility index (Phi) is 6.09. The molecule has 1 N–H and O–H groups in total. The van der Waals surface area contributed by atoms with Crippen molar-refractivity contribution >= 4 is 5.97 Å². The van der Waals surface area contributed by atoms with E-state index in [4.69, 9.17) is 4.74 Å². The predicted octanol–water partition coefficient (Wildman–Crippen LogP) is 1.65. The molecule has 0 radical (unpaired) electrons. The van der Waals surface area contributed by atoms with Crippen LogP contribution in [0.5, 0.6) is 0 Å². The van der Waals surface area contributed by atoms with Gasteiger partial charge in [-0.2, -0.15) is 0 Å². The lowest BCUT2D eigenvalue weighted by molar-refractivity contribution is -0.153. The lowest BCUT2D eigenvalue weighted by Gasteiger charge is -2.42. The van der Waals surface area contributed by atoms with Gasteiger partial charge >= 0.3 is 5.97 Å². The minimum absolute atomic E-state index is 0.0761. The first-order chi connectivity index (χ1) is 8.56. The van der Waals surface area contributed by atoms with Gasteiger partial charge in [0, 0.05) is 13.1 Å². The van der Waals surface area contributed by atoms with Crippen LogP contribution in [0.1, 0.15) is 39.0 Å². The standard InChI is InChI=1S/C14H28N2O2/c1-5-12-8-6-7-9-14(12,13(17)18-4)15-10-11-16(2)3/h12,15H,5-11H2,1-4H3. The first kappa shape index (κ1) is 15.4. The largest absolute Gasteiger partial charge is 0.468 e. The van der Waals surface area contributed by atoms with Gasteiger partial charge in [-0.05, 0) is 32.9 Å². The molecule has 1 aliphatic rings. The fourth-order valence-corrected chi connectivity index (χ4v) is 3.06. The van der Waals surface area contributed by atoms with Crippen molar-refractivity contribution in [1.82, 2.24) is 10.2 Å². The highest BCUT2D eigenvalue weighted by Crippen LogP contribution is 2.36. The lowest BCUT2D eigenvalue weighted by Crippen LogP contribution is -2.60. The number of nitrogens with one attached hydrogen (secondary N) is 1. The van der Waals surface area contributed by atoms with Crippen LogP contribution >= 0.6 is 0 Å². The molecular formula is C14H28N2O2. The smallest absolute Gasteiger partial charge is 0.326 e. The van der Waals surface area contributed by atoms with E-state index in [2.05, 4.69) is 17.1 Å². The third-order valence-electron chi connectivity index (χ3n) is 4.11. The van der Waals surface area contributed by atoms with Gasteiger partial charge in [0.15, 0.2) is 0 Å². The Morgan fingerprint density at radius 1 is 1.44 bits per heavy atom. The third kappa shape index (κ3) is 3.45. The van der Waals surface area contributed by atoms with Crippen LogP contribution in [0.4, 0.5) is 0 Å². The summed E-state index contributed by atoms with van der Waals surface area (Å²) in [6, 6.07) is 0. The lowest BCUT2D eigenvalue weighted by atomic mass is 9.71. The number of methoxy groups -OCH3 is 1. The van der Waals surface area contributed by atoms with Crippen molar-refractivity contribution in [3.05, 3.63) is 0 Å². The van der Waals surface area contributed by atoms with E-state index in [-0.39, 0.29) is 5.97 Å². The van der Waals surface area contributed by atoms with Crippen molar-refractivity contribution in [2.45, 2.75) is 44.6 Å². The van der Waals surface area contributed by atoms with Crippen molar-refractivity contribution in [2.24, 2.45) is 5.92 Å². The molecule has 0 saturated heterocycles. The summed E-state index contributed by atoms with van der Waals surface area (Å²) in [5.41, 5.74) is -0.447. The van der Waals surface area contributed by atoms with E-state index in [1.54, 1.807) is 0 Å². The van der Waals surface area contributed by atoms with Gasteiger partial charge in [0.05, 0.1) is 7.11 Å². The molecule has 1 fully saturated rings. The van der Waals surface area contributed by atoms with Crippen LogP contribution in [0, 0.1) is 5.92 Å². The van der Waals surface area contributed by atoms with Crippen molar-refractivity contribution < 1.29 is 9.53 Å². The second-order valence-corrected chi connectivity index (χ2v) is 5.54. The summed E-state index contributed by atoms with van der Waals surface area (Å²) in [5.74, 6) is 0.327. The van der Waals surface area contributed by atoms with E-state index in [0.717, 1.165) is 38.8 Å². The number of esters is 1. The van der Waals surface area contributed by atoms with Crippen LogP contribution in [0.25, 0.3) is 0 Å². The quantitative estimate of drug-likeness (QED) is 0.734. The number of rotatable bonds is 6. The number of carbonyl (C=O) groups excluding carboxylic acids is 1. The highest BCUT2D eigenvalue weighted by molar-refractivity contribution is 5.81. The van der Waals surface area contributed by atoms with E-state index in [0.29, 0.717) is 5.92 Å². The predicted molar refractivity (Wildman–Crippen MR) is 73.6 cm³/mol. The molecule has 0 bridgehead atoms. The molecule has 2 atom stereocenters. The molecule has 1 saturated carbocycles. The van der Waals surface area contributed by atoms with Gasteiger partial charge < -0.3 is 15.0 Å². The number of carbonyl (C=O) groups is 1. The Hall–Kier alpha value is -0.610. The SMILES string of the molecule is CCC1CCCCC1(NCCN(C)C)C(=O)OC. The Morgan fingerprint density at radius 3 is 2.72 bits per heavy atom. The van der Waals surface area contributed by atoms with Crippen LogP contribution in [0.3, 0.4) is 0 Å². The molecule has 0 aromatic carbocycles. The zero-order valence-electron chi connectivity index (χ0n) is 12.3. The molecule has 1 rings (SSSR count). The summed E-state index contributed by atoms with van der Waals surface area (Å²) in [4.78, 5) is 14.4. The second kappa shape index (κ2) is 7.10. The summed E-state index contributed by atoms with van der Waals surface area (Å²) >= 11 is 0. The van der Waals surface area contributed by atoms with Crippen molar-refractivity contribution in [2.75, 3.05) is 34.3 Å². The number of ether oxygens (including phenoxy) is 1. The summed E-state index contributed by atoms with van der Waals surface area (Å²) in [7, 11) is 5.59. The monoisotopic (exact) mass is 256 g/mol. The van der Waals surface area contributed by atoms with Crippen LogP contribution < -0.4 is 5.32 Å². The second-order valence-electron chi connectivity index (χ2n) is 5.54. The number of hydrogen-bond acceptors (Lipinski definition) is 4. The normalized spacial score (nSPS) is 28.4. The fourth-order valence-electron chi connectivity index (χ4n) is 3.06. The summed E-state index contributed by atoms with van der Waals surface area (Å²) in [6.45, 7) is 3.94. The summed E-state index contributed by atoms with van der Waals surface area (Å²) in [5, 5.41) is 3.50. The molecule has 0 heterocycles. The first-order valence-corrected chi connectivity index (χ1v) is 7.05. The summed E-state index contributed by atoms with van der Waals surface area (Å²) < 4.78 is 5.07. The van der Waals surface area contributed by atoms with Crippen molar-refractivity contribution in [3.8, 4) is 0 Å². The molecule has 4 nitrogen and oxygen atoms in total. The van der Waals surface area contributed by atoms with Gasteiger partial charge in [0.2, 0.25) is 0 Å². The number of likely N-dealkylation sites (N-methyl/N-ethyl adjacent to an activating group) is 1. The van der Waals surface area contributed by atoms with Gasteiger partial charge in [0.1, 0.15) is 5.54 Å². The Bertz CT molecular complexity index is 269. The molecule has 0 amide bonds. The molecule has 18 heavy (non-hydrogen) atoms. The van der Waals surface area contributed by atoms with Gasteiger partial charge in [-0.3, -0.25) is 4.79 Å². The average molecular weight is 256 g/mol. The van der Waals surface area contributed by atoms with Crippen molar-refractivity contribution in [3.63, 3.8) is 0 Å². The van der Waals surface area contributed by atoms with Gasteiger partial charge in [-0.1, -0.05) is 26.2 Å². The molecule has 0 aromatic heterocycles. The topological polar surface area (TPSA) is 41.6 Å². The Labute approximate surface area is 111 Å². The first-order valence-electron chi connectivity index (χ1n) is 7.05. The molecule has 1 aliphatic carbocycles. The molecule has 4 heteroatoms. The molecule has 0 aromatic rings. The molecular weight excluding hydrogens is 228 g/mol. The van der Waals surface area contributed by atoms with Gasteiger partial charge in [-0.15, -0.1) is 0 Å². The maximum Gasteiger partial charge on any atom is 0.326 e. The minimum Gasteiger partial charge on any atom is -0.468 e. The van der Waals surface area contributed by atoms with Crippen molar-refractivity contribution in [1.29, 1.82) is 0 Å². The highest BCUT2D eigenvalue weighted by Gasteiger charge is 2.46. The van der Waals surface area contributed by atoms with Crippen LogP contribution in [0.2, 0.25) is 0 Å². The fraction of sp³-hybridized carbons (Fsp3) is 0.929. The molecule has 0 spiro atoms. The Balaban J connectivity index is 2.76. The van der Waals surface area contributed by atoms with Crippen LogP contribution in [-0.2, 0) is 9.53 Å². The van der Waals surface area contributed by atoms with E-state index < -0.39 is 5.54 Å². The Morgan fingerprint density at radius 2 is 2.17 bits per heavy atom. The number of hydrogen-bond donors (Lipinski definition) is 1. The zero-order valence-corrected chi connectivity index (χ0v) is 12.3. The van der Waals surface area contributed by atoms with E-state index in [1.165, 1.54) is 13.5 Å². The molecule has 2 unspecified atom stereocenters. The van der Waals surface area contributed by atoms with E-state index >= 15 is 0 Å². The maximum absolute atomic E-state index is 12.2. The van der Waals surface area contributed by atoms with Crippen LogP contribution in [0.15, 0.2) is 0 Å². The van der Waals surface area contributed by atoms with E-state index in [9.17, 15) is 4.79 Å².